The Morgan fingerprint density at radius 2 is 1.27 bits per heavy atom. The highest BCUT2D eigenvalue weighted by atomic mass is 127. The quantitative estimate of drug-likeness (QED) is 0.192. The van der Waals surface area contributed by atoms with Crippen LogP contribution in [-0.2, 0) is 0 Å². The van der Waals surface area contributed by atoms with Gasteiger partial charge in [0.05, 0.1) is 0 Å². The molecule has 0 saturated heterocycles. The van der Waals surface area contributed by atoms with Gasteiger partial charge in [0, 0.05) is 9.84 Å². The molecule has 4 aliphatic carbocycles. The summed E-state index contributed by atoms with van der Waals surface area (Å²) in [6, 6.07) is 0. The normalized spacial score (nSPS) is 46.9. The van der Waals surface area contributed by atoms with Crippen LogP contribution in [0.2, 0.25) is 0 Å². The van der Waals surface area contributed by atoms with Crippen molar-refractivity contribution < 1.29 is 13.2 Å². The monoisotopic (exact) mass is 536 g/mol. The third kappa shape index (κ3) is 5.60. The standard InChI is InChI=1S/C26H40F3I/c27-24-16-21(30)13-15-22(24)19-9-6-17(7-10-19)8-11-20-12-14-23(26(29)25(20)28)18-4-2-1-3-5-18/h8,11,17-26H,1-7,9-10,12-16H2/b11-8+. The van der Waals surface area contributed by atoms with Crippen molar-refractivity contribution in [3.63, 3.8) is 0 Å². The molecule has 4 fully saturated rings. The number of halogens is 4. The van der Waals surface area contributed by atoms with Crippen LogP contribution in [0.3, 0.4) is 0 Å². The SMILES string of the molecule is FC1CC(I)CCC1C1CCC(/C=C/C2CCC(C3CCCCC3)C(F)C2F)CC1. The minimum Gasteiger partial charge on any atom is -0.247 e. The van der Waals surface area contributed by atoms with Gasteiger partial charge in [-0.15, -0.1) is 0 Å². The van der Waals surface area contributed by atoms with Crippen LogP contribution in [0.1, 0.15) is 89.9 Å². The van der Waals surface area contributed by atoms with Crippen molar-refractivity contribution in [2.75, 3.05) is 0 Å². The highest BCUT2D eigenvalue weighted by molar-refractivity contribution is 14.1. The lowest BCUT2D eigenvalue weighted by atomic mass is 9.68. The summed E-state index contributed by atoms with van der Waals surface area (Å²) in [6.45, 7) is 0. The molecule has 0 amide bonds. The molecule has 4 rings (SSSR count). The van der Waals surface area contributed by atoms with Gasteiger partial charge in [0.1, 0.15) is 18.5 Å². The van der Waals surface area contributed by atoms with E-state index in [0.29, 0.717) is 21.7 Å². The van der Waals surface area contributed by atoms with Crippen LogP contribution >= 0.6 is 22.6 Å². The Balaban J connectivity index is 1.24. The lowest BCUT2D eigenvalue weighted by Gasteiger charge is -2.40. The molecule has 0 radical (unpaired) electrons. The van der Waals surface area contributed by atoms with Gasteiger partial charge in [0.15, 0.2) is 0 Å². The first-order valence-electron chi connectivity index (χ1n) is 12.8. The zero-order valence-electron chi connectivity index (χ0n) is 18.3. The number of alkyl halides is 4. The highest BCUT2D eigenvalue weighted by Crippen LogP contribution is 2.45. The first kappa shape index (κ1) is 23.4. The highest BCUT2D eigenvalue weighted by Gasteiger charge is 2.43. The third-order valence-electron chi connectivity index (χ3n) is 9.02. The van der Waals surface area contributed by atoms with Crippen LogP contribution in [0.4, 0.5) is 13.2 Å². The molecular formula is C26H40F3I. The second-order valence-electron chi connectivity index (χ2n) is 10.8. The Bertz CT molecular complexity index is 552. The first-order valence-corrected chi connectivity index (χ1v) is 14.0. The molecule has 0 spiro atoms. The van der Waals surface area contributed by atoms with Gasteiger partial charge in [-0.25, -0.2) is 13.2 Å². The van der Waals surface area contributed by atoms with Crippen molar-refractivity contribution in [3.05, 3.63) is 12.2 Å². The van der Waals surface area contributed by atoms with Crippen molar-refractivity contribution in [3.8, 4) is 0 Å². The van der Waals surface area contributed by atoms with E-state index >= 15 is 0 Å². The Morgan fingerprint density at radius 3 is 1.97 bits per heavy atom. The summed E-state index contributed by atoms with van der Waals surface area (Å²) in [5.41, 5.74) is 0. The summed E-state index contributed by atoms with van der Waals surface area (Å²) in [5.74, 6) is 1.39. The van der Waals surface area contributed by atoms with E-state index in [4.69, 9.17) is 0 Å². The van der Waals surface area contributed by atoms with E-state index in [1.807, 2.05) is 6.08 Å². The van der Waals surface area contributed by atoms with Gasteiger partial charge in [-0.2, -0.15) is 0 Å². The largest absolute Gasteiger partial charge is 0.247 e. The van der Waals surface area contributed by atoms with E-state index in [9.17, 15) is 13.2 Å². The minimum atomic E-state index is -1.32. The van der Waals surface area contributed by atoms with Crippen LogP contribution in [0.5, 0.6) is 0 Å². The maximum Gasteiger partial charge on any atom is 0.138 e. The molecule has 0 aromatic heterocycles. The van der Waals surface area contributed by atoms with E-state index in [0.717, 1.165) is 70.6 Å². The smallest absolute Gasteiger partial charge is 0.138 e. The number of hydrogen-bond acceptors (Lipinski definition) is 0. The molecular weight excluding hydrogens is 496 g/mol. The molecule has 0 N–H and O–H groups in total. The van der Waals surface area contributed by atoms with E-state index in [1.54, 1.807) is 0 Å². The lowest BCUT2D eigenvalue weighted by Crippen LogP contribution is -2.41. The van der Waals surface area contributed by atoms with Crippen molar-refractivity contribution >= 4 is 22.6 Å². The van der Waals surface area contributed by atoms with Gasteiger partial charge in [-0.1, -0.05) is 66.8 Å². The first-order chi connectivity index (χ1) is 14.5. The average molecular weight is 537 g/mol. The molecule has 0 bridgehead atoms. The molecule has 7 unspecified atom stereocenters. The summed E-state index contributed by atoms with van der Waals surface area (Å²) in [7, 11) is 0. The Labute approximate surface area is 195 Å². The third-order valence-corrected chi connectivity index (χ3v) is 10.2. The fraction of sp³-hybridized carbons (Fsp3) is 0.923. The summed E-state index contributed by atoms with van der Waals surface area (Å²) >= 11 is 2.40. The minimum absolute atomic E-state index is 0.0494. The van der Waals surface area contributed by atoms with Gasteiger partial charge in [0.25, 0.3) is 0 Å². The molecule has 0 aliphatic heterocycles. The average Bonchev–Trinajstić information content (AvgIpc) is 2.76. The molecule has 30 heavy (non-hydrogen) atoms. The topological polar surface area (TPSA) is 0 Å². The van der Waals surface area contributed by atoms with Gasteiger partial charge < -0.3 is 0 Å². The van der Waals surface area contributed by atoms with Gasteiger partial charge in [-0.3, -0.25) is 0 Å². The molecule has 4 saturated carbocycles. The van der Waals surface area contributed by atoms with Gasteiger partial charge in [-0.05, 0) is 87.4 Å². The maximum absolute atomic E-state index is 14.9. The summed E-state index contributed by atoms with van der Waals surface area (Å²) < 4.78 is 44.9. The lowest BCUT2D eigenvalue weighted by molar-refractivity contribution is 0.00458. The second kappa shape index (κ2) is 10.9. The van der Waals surface area contributed by atoms with Gasteiger partial charge >= 0.3 is 0 Å². The van der Waals surface area contributed by atoms with Gasteiger partial charge in [0.2, 0.25) is 0 Å². The van der Waals surface area contributed by atoms with E-state index < -0.39 is 18.5 Å². The van der Waals surface area contributed by atoms with Crippen molar-refractivity contribution in [2.45, 2.75) is 112 Å². The van der Waals surface area contributed by atoms with E-state index in [1.165, 1.54) is 19.3 Å². The zero-order chi connectivity index (χ0) is 21.1. The molecule has 0 aromatic carbocycles. The Morgan fingerprint density at radius 1 is 0.600 bits per heavy atom. The second-order valence-corrected chi connectivity index (χ2v) is 12.6. The molecule has 172 valence electrons. The van der Waals surface area contributed by atoms with E-state index in [2.05, 4.69) is 28.7 Å². The maximum atomic E-state index is 14.9. The summed E-state index contributed by atoms with van der Waals surface area (Å²) in [6.07, 6.45) is 15.8. The predicted octanol–water partition coefficient (Wildman–Crippen LogP) is 8.57. The van der Waals surface area contributed by atoms with E-state index in [-0.39, 0.29) is 17.8 Å². The van der Waals surface area contributed by atoms with Crippen LogP contribution in [-0.4, -0.2) is 22.4 Å². The fourth-order valence-corrected chi connectivity index (χ4v) is 7.97. The Kier molecular flexibility index (Phi) is 8.52. The fourth-order valence-electron chi connectivity index (χ4n) is 7.12. The van der Waals surface area contributed by atoms with Crippen molar-refractivity contribution in [1.82, 2.24) is 0 Å². The molecule has 4 aliphatic rings. The summed E-state index contributed by atoms with van der Waals surface area (Å²) in [5, 5.41) is 0. The number of hydrogen-bond donors (Lipinski definition) is 0. The van der Waals surface area contributed by atoms with Crippen molar-refractivity contribution in [2.24, 2.45) is 35.5 Å². The number of allylic oxidation sites excluding steroid dienone is 2. The molecule has 0 heterocycles. The predicted molar refractivity (Wildman–Crippen MR) is 127 cm³/mol. The number of rotatable bonds is 4. The Hall–Kier alpha value is 0.260. The summed E-state index contributed by atoms with van der Waals surface area (Å²) in [4.78, 5) is 0. The molecule has 4 heteroatoms. The molecule has 7 atom stereocenters. The zero-order valence-corrected chi connectivity index (χ0v) is 20.5. The molecule has 0 aromatic rings. The van der Waals surface area contributed by atoms with Crippen LogP contribution in [0, 0.1) is 35.5 Å². The van der Waals surface area contributed by atoms with Crippen LogP contribution < -0.4 is 0 Å². The van der Waals surface area contributed by atoms with Crippen LogP contribution in [0.15, 0.2) is 12.2 Å². The van der Waals surface area contributed by atoms with Crippen LogP contribution in [0.25, 0.3) is 0 Å². The van der Waals surface area contributed by atoms with Crippen molar-refractivity contribution in [1.29, 1.82) is 0 Å². The molecule has 0 nitrogen and oxygen atoms in total.